The van der Waals surface area contributed by atoms with E-state index < -0.39 is 23.3 Å². The molecule has 0 heterocycles. The fourth-order valence-electron chi connectivity index (χ4n) is 2.10. The van der Waals surface area contributed by atoms with Gasteiger partial charge < -0.3 is 25.2 Å². The van der Waals surface area contributed by atoms with Crippen molar-refractivity contribution < 1.29 is 34.8 Å². The Labute approximate surface area is 130 Å². The molecule has 22 heavy (non-hydrogen) atoms. The van der Waals surface area contributed by atoms with Crippen LogP contribution in [0.3, 0.4) is 0 Å². The molecule has 128 valence electrons. The van der Waals surface area contributed by atoms with Crippen LogP contribution in [0.25, 0.3) is 0 Å². The van der Waals surface area contributed by atoms with E-state index in [9.17, 15) is 24.9 Å². The van der Waals surface area contributed by atoms with Gasteiger partial charge in [-0.1, -0.05) is 6.08 Å². The van der Waals surface area contributed by atoms with E-state index in [1.807, 2.05) is 0 Å². The minimum absolute atomic E-state index is 0.0721. The van der Waals surface area contributed by atoms with Crippen LogP contribution in [0.2, 0.25) is 0 Å². The van der Waals surface area contributed by atoms with Gasteiger partial charge in [0.15, 0.2) is 0 Å². The van der Waals surface area contributed by atoms with Crippen LogP contribution in [-0.4, -0.2) is 58.8 Å². The van der Waals surface area contributed by atoms with E-state index in [4.69, 9.17) is 9.84 Å². The Morgan fingerprint density at radius 2 is 1.82 bits per heavy atom. The zero-order chi connectivity index (χ0) is 17.0. The van der Waals surface area contributed by atoms with Crippen LogP contribution in [0.5, 0.6) is 0 Å². The van der Waals surface area contributed by atoms with Gasteiger partial charge in [-0.05, 0) is 25.7 Å². The Morgan fingerprint density at radius 3 is 2.27 bits per heavy atom. The van der Waals surface area contributed by atoms with Crippen LogP contribution in [0.15, 0.2) is 12.7 Å². The van der Waals surface area contributed by atoms with Gasteiger partial charge in [0.1, 0.15) is 0 Å². The molecule has 0 aromatic heterocycles. The molecule has 0 aliphatic rings. The fraction of sp³-hybridized carbons (Fsp3) is 0.733. The third kappa shape index (κ3) is 8.11. The Morgan fingerprint density at radius 1 is 1.18 bits per heavy atom. The number of aliphatic hydroxyl groups is 2. The van der Waals surface area contributed by atoms with E-state index in [2.05, 4.69) is 6.58 Å². The lowest BCUT2D eigenvalue weighted by Gasteiger charge is -2.30. The minimum Gasteiger partial charge on any atom is -0.481 e. The van der Waals surface area contributed by atoms with E-state index in [-0.39, 0.29) is 58.5 Å². The van der Waals surface area contributed by atoms with E-state index in [1.165, 1.54) is 0 Å². The summed E-state index contributed by atoms with van der Waals surface area (Å²) < 4.78 is 5.27. The maximum atomic E-state index is 11.2. The largest absolute Gasteiger partial charge is 0.481 e. The number of ether oxygens (including phenoxy) is 1. The van der Waals surface area contributed by atoms with Gasteiger partial charge in [-0.25, -0.2) is 0 Å². The molecule has 1 unspecified atom stereocenters. The number of carbonyl (C=O) groups is 2. The predicted octanol–water partition coefficient (Wildman–Crippen LogP) is 0.896. The normalized spacial score (nSPS) is 12.8. The van der Waals surface area contributed by atoms with Gasteiger partial charge in [-0.2, -0.15) is 0 Å². The summed E-state index contributed by atoms with van der Waals surface area (Å²) in [5.74, 6) is -2.65. The molecular formula is C15H26O7. The molecule has 0 saturated carbocycles. The highest BCUT2D eigenvalue weighted by molar-refractivity contribution is 5.70. The van der Waals surface area contributed by atoms with E-state index in [0.29, 0.717) is 0 Å². The second-order valence-corrected chi connectivity index (χ2v) is 5.48. The van der Waals surface area contributed by atoms with Gasteiger partial charge in [0, 0.05) is 11.8 Å². The molecule has 0 aromatic rings. The summed E-state index contributed by atoms with van der Waals surface area (Å²) in [6, 6.07) is 0. The van der Waals surface area contributed by atoms with Crippen molar-refractivity contribution in [3.63, 3.8) is 0 Å². The topological polar surface area (TPSA) is 124 Å². The first kappa shape index (κ1) is 20.6. The zero-order valence-corrected chi connectivity index (χ0v) is 12.7. The van der Waals surface area contributed by atoms with E-state index >= 15 is 0 Å². The van der Waals surface area contributed by atoms with Crippen molar-refractivity contribution in [1.82, 2.24) is 0 Å². The summed E-state index contributed by atoms with van der Waals surface area (Å²) in [4.78, 5) is 21.7. The third-order valence-corrected chi connectivity index (χ3v) is 3.63. The average Bonchev–Trinajstić information content (AvgIpc) is 2.48. The highest BCUT2D eigenvalue weighted by Gasteiger charge is 2.31. The lowest BCUT2D eigenvalue weighted by Crippen LogP contribution is -2.36. The van der Waals surface area contributed by atoms with Crippen molar-refractivity contribution >= 4 is 11.9 Å². The quantitative estimate of drug-likeness (QED) is 0.277. The van der Waals surface area contributed by atoms with E-state index in [1.54, 1.807) is 6.08 Å². The Balaban J connectivity index is 4.51. The summed E-state index contributed by atoms with van der Waals surface area (Å²) in [6.07, 6.45) is 2.53. The van der Waals surface area contributed by atoms with Crippen LogP contribution < -0.4 is 0 Å². The summed E-state index contributed by atoms with van der Waals surface area (Å²) >= 11 is 0. The van der Waals surface area contributed by atoms with Crippen molar-refractivity contribution in [3.8, 4) is 0 Å². The van der Waals surface area contributed by atoms with Crippen molar-refractivity contribution in [1.29, 1.82) is 0 Å². The van der Waals surface area contributed by atoms with Crippen LogP contribution in [0.1, 0.15) is 32.1 Å². The summed E-state index contributed by atoms with van der Waals surface area (Å²) in [7, 11) is 0. The highest BCUT2D eigenvalue weighted by Crippen LogP contribution is 2.28. The maximum absolute atomic E-state index is 11.2. The van der Waals surface area contributed by atoms with E-state index in [0.717, 1.165) is 0 Å². The first-order valence-electron chi connectivity index (χ1n) is 7.25. The summed E-state index contributed by atoms with van der Waals surface area (Å²) in [5, 5.41) is 36.7. The number of aliphatic carboxylic acids is 2. The van der Waals surface area contributed by atoms with Crippen molar-refractivity contribution in [2.24, 2.45) is 11.3 Å². The lowest BCUT2D eigenvalue weighted by atomic mass is 9.82. The number of hydrogen-bond acceptors (Lipinski definition) is 5. The number of carboxylic acids is 2. The average molecular weight is 318 g/mol. The van der Waals surface area contributed by atoms with Gasteiger partial charge in [0.2, 0.25) is 0 Å². The minimum atomic E-state index is -0.998. The molecule has 0 spiro atoms. The Kier molecular flexibility index (Phi) is 10.4. The van der Waals surface area contributed by atoms with Crippen LogP contribution in [0, 0.1) is 11.3 Å². The first-order chi connectivity index (χ1) is 10.4. The molecule has 7 nitrogen and oxygen atoms in total. The second-order valence-electron chi connectivity index (χ2n) is 5.48. The molecule has 0 aromatic carbocycles. The van der Waals surface area contributed by atoms with Crippen molar-refractivity contribution in [2.75, 3.05) is 26.4 Å². The summed E-state index contributed by atoms with van der Waals surface area (Å²) in [5.41, 5.74) is -0.899. The maximum Gasteiger partial charge on any atom is 0.306 e. The first-order valence-corrected chi connectivity index (χ1v) is 7.25. The van der Waals surface area contributed by atoms with Crippen LogP contribution in [-0.2, 0) is 14.3 Å². The van der Waals surface area contributed by atoms with Crippen LogP contribution in [0.4, 0.5) is 0 Å². The van der Waals surface area contributed by atoms with Gasteiger partial charge in [-0.15, -0.1) is 6.58 Å². The third-order valence-electron chi connectivity index (χ3n) is 3.63. The molecule has 0 amide bonds. The van der Waals surface area contributed by atoms with Crippen molar-refractivity contribution in [3.05, 3.63) is 12.7 Å². The Bertz CT molecular complexity index is 350. The standard InChI is InChI=1S/C15H26O7/c1-2-8-22-11-15(9-16,10-17)7-6-12(14(20)21)4-3-5-13(18)19/h2,12,16-17H,1,3-11H2,(H,18,19)(H,20,21). The molecule has 0 fully saturated rings. The zero-order valence-electron chi connectivity index (χ0n) is 12.7. The molecule has 0 aliphatic carbocycles. The molecule has 0 radical (unpaired) electrons. The Hall–Kier alpha value is -1.44. The van der Waals surface area contributed by atoms with Crippen molar-refractivity contribution in [2.45, 2.75) is 32.1 Å². The van der Waals surface area contributed by atoms with Gasteiger partial charge >= 0.3 is 11.9 Å². The highest BCUT2D eigenvalue weighted by atomic mass is 16.5. The molecule has 0 aliphatic heterocycles. The molecule has 4 N–H and O–H groups in total. The second kappa shape index (κ2) is 11.2. The molecule has 0 saturated heterocycles. The number of aliphatic hydroxyl groups excluding tert-OH is 2. The number of carboxylic acid groups (broad SMARTS) is 2. The van der Waals surface area contributed by atoms with Gasteiger partial charge in [0.05, 0.1) is 32.3 Å². The molecule has 0 bridgehead atoms. The smallest absolute Gasteiger partial charge is 0.306 e. The predicted molar refractivity (Wildman–Crippen MR) is 79.5 cm³/mol. The van der Waals surface area contributed by atoms with Crippen LogP contribution >= 0.6 is 0 Å². The molecular weight excluding hydrogens is 292 g/mol. The SMILES string of the molecule is C=CCOCC(CO)(CO)CCC(CCCC(=O)O)C(=O)O. The number of hydrogen-bond donors (Lipinski definition) is 4. The van der Waals surface area contributed by atoms with Gasteiger partial charge in [0.25, 0.3) is 0 Å². The monoisotopic (exact) mass is 318 g/mol. The lowest BCUT2D eigenvalue weighted by molar-refractivity contribution is -0.143. The molecule has 7 heteroatoms. The number of rotatable bonds is 14. The molecule has 1 atom stereocenters. The fourth-order valence-corrected chi connectivity index (χ4v) is 2.10. The summed E-state index contributed by atoms with van der Waals surface area (Å²) in [6.45, 7) is 3.25. The molecule has 0 rings (SSSR count). The van der Waals surface area contributed by atoms with Gasteiger partial charge in [-0.3, -0.25) is 9.59 Å².